The van der Waals surface area contributed by atoms with Crippen LogP contribution in [-0.2, 0) is 5.41 Å². The zero-order valence-corrected chi connectivity index (χ0v) is 33.6. The Kier molecular flexibility index (Phi) is 8.23. The maximum absolute atomic E-state index is 2.47. The first-order valence-electron chi connectivity index (χ1n) is 20.4. The summed E-state index contributed by atoms with van der Waals surface area (Å²) in [5.74, 6) is 0. The zero-order chi connectivity index (χ0) is 38.9. The van der Waals surface area contributed by atoms with E-state index < -0.39 is 0 Å². The summed E-state index contributed by atoms with van der Waals surface area (Å²) in [6.07, 6.45) is 4.57. The van der Waals surface area contributed by atoms with Crippen molar-refractivity contribution in [2.75, 3.05) is 4.90 Å². The van der Waals surface area contributed by atoms with E-state index in [1.807, 2.05) is 0 Å². The van der Waals surface area contributed by atoms with E-state index in [0.717, 1.165) is 24.2 Å². The molecule has 0 N–H and O–H groups in total. The third-order valence-corrected chi connectivity index (χ3v) is 12.5. The molecule has 2 heteroatoms. The van der Waals surface area contributed by atoms with Gasteiger partial charge in [-0.1, -0.05) is 155 Å². The number of nitrogens with zero attached hydrogens (tertiary/aromatic N) is 2. The van der Waals surface area contributed by atoms with Gasteiger partial charge in [-0.05, 0) is 123 Å². The molecule has 0 amide bonds. The first kappa shape index (κ1) is 35.1. The van der Waals surface area contributed by atoms with Crippen LogP contribution < -0.4 is 4.90 Å². The summed E-state index contributed by atoms with van der Waals surface area (Å²) >= 11 is 0. The standard InChI is InChI=1S/C55H48N2/c1-54(2,3)49-23-15-21-43(37-26-30-41(31-27-37)57-51-24-13-10-19-46(51)47-20-11-14-25-52(47)57)53(49)38-28-32-40(33-29-38)56(39-16-7-6-8-17-39)42-34-35-45-44-18-9-12-22-48(44)55(4,5)50(45)36-42/h6-14,16-22,24-36H,15,23H2,1-5H3. The highest BCUT2D eigenvalue weighted by atomic mass is 15.1. The number of aromatic nitrogens is 1. The summed E-state index contributed by atoms with van der Waals surface area (Å²) in [4.78, 5) is 2.41. The number of rotatable bonds is 6. The summed E-state index contributed by atoms with van der Waals surface area (Å²) < 4.78 is 2.40. The Morgan fingerprint density at radius 3 is 1.77 bits per heavy atom. The van der Waals surface area contributed by atoms with Crippen LogP contribution in [0.15, 0.2) is 182 Å². The largest absolute Gasteiger partial charge is 0.310 e. The lowest BCUT2D eigenvalue weighted by Crippen LogP contribution is -2.16. The van der Waals surface area contributed by atoms with Crippen molar-refractivity contribution in [1.29, 1.82) is 0 Å². The van der Waals surface area contributed by atoms with Gasteiger partial charge in [0.05, 0.1) is 11.0 Å². The molecule has 0 bridgehead atoms. The fourth-order valence-electron chi connectivity index (χ4n) is 9.72. The fourth-order valence-corrected chi connectivity index (χ4v) is 9.72. The molecule has 57 heavy (non-hydrogen) atoms. The monoisotopic (exact) mass is 736 g/mol. The molecule has 0 atom stereocenters. The summed E-state index contributed by atoms with van der Waals surface area (Å²) in [7, 11) is 0. The van der Waals surface area contributed by atoms with Gasteiger partial charge in [0.15, 0.2) is 0 Å². The summed E-state index contributed by atoms with van der Waals surface area (Å²) in [6.45, 7) is 11.8. The molecule has 0 radical (unpaired) electrons. The van der Waals surface area contributed by atoms with Gasteiger partial charge >= 0.3 is 0 Å². The lowest BCUT2D eigenvalue weighted by molar-refractivity contribution is 0.484. The van der Waals surface area contributed by atoms with E-state index in [1.165, 1.54) is 83.3 Å². The van der Waals surface area contributed by atoms with Crippen LogP contribution >= 0.6 is 0 Å². The van der Waals surface area contributed by atoms with Crippen LogP contribution in [0, 0.1) is 5.41 Å². The summed E-state index contributed by atoms with van der Waals surface area (Å²) in [6, 6.07) is 62.8. The van der Waals surface area contributed by atoms with Gasteiger partial charge in [-0.2, -0.15) is 0 Å². The van der Waals surface area contributed by atoms with Gasteiger partial charge < -0.3 is 9.47 Å². The molecular weight excluding hydrogens is 689 g/mol. The van der Waals surface area contributed by atoms with E-state index >= 15 is 0 Å². The SMILES string of the molecule is CC(C)(C)C1=C(c2ccc(N(c3ccccc3)c3ccc4c(c3)C(C)(C)c3ccccc3-4)cc2)C(c2ccc(-n3c4ccccc4c4ccccc43)cc2)=CCC1. The molecule has 278 valence electrons. The van der Waals surface area contributed by atoms with Gasteiger partial charge in [-0.25, -0.2) is 0 Å². The third kappa shape index (κ3) is 5.77. The Bertz CT molecular complexity index is 2820. The van der Waals surface area contributed by atoms with Crippen molar-refractivity contribution < 1.29 is 0 Å². The summed E-state index contributed by atoms with van der Waals surface area (Å²) in [5, 5.41) is 2.57. The van der Waals surface area contributed by atoms with Crippen LogP contribution in [0.3, 0.4) is 0 Å². The van der Waals surface area contributed by atoms with Gasteiger partial charge in [0.25, 0.3) is 0 Å². The van der Waals surface area contributed by atoms with Crippen molar-refractivity contribution in [3.8, 4) is 16.8 Å². The van der Waals surface area contributed by atoms with Crippen LogP contribution in [0.25, 0.3) is 49.8 Å². The van der Waals surface area contributed by atoms with Gasteiger partial charge in [-0.3, -0.25) is 0 Å². The molecular formula is C55H48N2. The number of para-hydroxylation sites is 3. The Hall–Kier alpha value is -6.38. The average molecular weight is 737 g/mol. The molecule has 0 aliphatic heterocycles. The number of fused-ring (bicyclic) bond motifs is 6. The smallest absolute Gasteiger partial charge is 0.0541 e. The molecule has 2 aliphatic rings. The van der Waals surface area contributed by atoms with Crippen LogP contribution in [0.2, 0.25) is 0 Å². The summed E-state index contributed by atoms with van der Waals surface area (Å²) in [5.41, 5.74) is 19.3. The van der Waals surface area contributed by atoms with Crippen molar-refractivity contribution in [2.45, 2.75) is 52.9 Å². The maximum atomic E-state index is 2.47. The lowest BCUT2D eigenvalue weighted by Gasteiger charge is -2.32. The third-order valence-electron chi connectivity index (χ3n) is 12.5. The quantitative estimate of drug-likeness (QED) is 0.165. The predicted molar refractivity (Wildman–Crippen MR) is 243 cm³/mol. The minimum atomic E-state index is -0.0741. The molecule has 0 unspecified atom stereocenters. The molecule has 7 aromatic carbocycles. The number of hydrogen-bond acceptors (Lipinski definition) is 1. The van der Waals surface area contributed by atoms with Gasteiger partial charge in [0, 0.05) is 38.9 Å². The Balaban J connectivity index is 1.04. The van der Waals surface area contributed by atoms with Crippen LogP contribution in [0.4, 0.5) is 17.1 Å². The second-order valence-electron chi connectivity index (χ2n) is 17.3. The van der Waals surface area contributed by atoms with Gasteiger partial charge in [-0.15, -0.1) is 0 Å². The first-order chi connectivity index (χ1) is 27.7. The van der Waals surface area contributed by atoms with Crippen molar-refractivity contribution in [1.82, 2.24) is 4.57 Å². The number of hydrogen-bond donors (Lipinski definition) is 0. The molecule has 8 aromatic rings. The van der Waals surface area contributed by atoms with Crippen LogP contribution in [-0.4, -0.2) is 4.57 Å². The highest BCUT2D eigenvalue weighted by molar-refractivity contribution is 6.10. The van der Waals surface area contributed by atoms with E-state index in [9.17, 15) is 0 Å². The predicted octanol–water partition coefficient (Wildman–Crippen LogP) is 15.2. The average Bonchev–Trinajstić information content (AvgIpc) is 3.69. The van der Waals surface area contributed by atoms with E-state index in [1.54, 1.807) is 0 Å². The van der Waals surface area contributed by atoms with Crippen LogP contribution in [0.1, 0.15) is 69.7 Å². The van der Waals surface area contributed by atoms with E-state index in [0.29, 0.717) is 0 Å². The first-order valence-corrected chi connectivity index (χ1v) is 20.4. The minimum absolute atomic E-state index is 0.0291. The Morgan fingerprint density at radius 1 is 0.526 bits per heavy atom. The topological polar surface area (TPSA) is 8.17 Å². The van der Waals surface area contributed by atoms with E-state index in [4.69, 9.17) is 0 Å². The highest BCUT2D eigenvalue weighted by Crippen LogP contribution is 2.51. The number of allylic oxidation sites excluding steroid dienone is 4. The molecule has 1 aromatic heterocycles. The molecule has 0 spiro atoms. The molecule has 1 heterocycles. The Morgan fingerprint density at radius 2 is 1.09 bits per heavy atom. The minimum Gasteiger partial charge on any atom is -0.310 e. The second kappa shape index (κ2) is 13.4. The van der Waals surface area contributed by atoms with E-state index in [2.05, 4.69) is 220 Å². The van der Waals surface area contributed by atoms with Gasteiger partial charge in [0.1, 0.15) is 0 Å². The normalized spacial score (nSPS) is 14.8. The number of benzene rings is 7. The second-order valence-corrected chi connectivity index (χ2v) is 17.3. The van der Waals surface area contributed by atoms with Crippen molar-refractivity contribution in [2.24, 2.45) is 5.41 Å². The van der Waals surface area contributed by atoms with Crippen molar-refractivity contribution in [3.63, 3.8) is 0 Å². The lowest BCUT2D eigenvalue weighted by atomic mass is 9.73. The molecule has 2 nitrogen and oxygen atoms in total. The molecule has 0 fully saturated rings. The highest BCUT2D eigenvalue weighted by Gasteiger charge is 2.36. The zero-order valence-electron chi connectivity index (χ0n) is 33.6. The van der Waals surface area contributed by atoms with Crippen LogP contribution in [0.5, 0.6) is 0 Å². The fraction of sp³-hybridized carbons (Fsp3) is 0.164. The van der Waals surface area contributed by atoms with E-state index in [-0.39, 0.29) is 10.8 Å². The molecule has 2 aliphatic carbocycles. The molecule has 0 saturated carbocycles. The number of anilines is 3. The Labute approximate surface area is 337 Å². The molecule has 0 saturated heterocycles. The van der Waals surface area contributed by atoms with Gasteiger partial charge in [0.2, 0.25) is 0 Å². The molecule has 10 rings (SSSR count). The van der Waals surface area contributed by atoms with Crippen molar-refractivity contribution >= 4 is 50.0 Å². The van der Waals surface area contributed by atoms with Crippen molar-refractivity contribution in [3.05, 3.63) is 204 Å². The maximum Gasteiger partial charge on any atom is 0.0541 e.